The smallest absolute Gasteiger partial charge is 0.0849 e. The van der Waals surface area contributed by atoms with Crippen LogP contribution in [0.3, 0.4) is 0 Å². The summed E-state index contributed by atoms with van der Waals surface area (Å²) in [6.07, 6.45) is 5.76. The first kappa shape index (κ1) is 12.2. The second-order valence-corrected chi connectivity index (χ2v) is 5.12. The summed E-state index contributed by atoms with van der Waals surface area (Å²) in [4.78, 5) is 0. The second kappa shape index (κ2) is 4.92. The van der Waals surface area contributed by atoms with E-state index >= 15 is 0 Å². The molecule has 0 bridgehead atoms. The van der Waals surface area contributed by atoms with Crippen molar-refractivity contribution < 1.29 is 0 Å². The maximum atomic E-state index is 5.99. The Morgan fingerprint density at radius 2 is 2.12 bits per heavy atom. The van der Waals surface area contributed by atoms with Crippen molar-refractivity contribution in [1.29, 1.82) is 0 Å². The van der Waals surface area contributed by atoms with Crippen LogP contribution in [0.4, 0.5) is 0 Å². The highest BCUT2D eigenvalue weighted by atomic mass is 35.5. The van der Waals surface area contributed by atoms with E-state index in [1.807, 2.05) is 34.7 Å². The molecule has 0 aliphatic heterocycles. The molecule has 1 unspecified atom stereocenters. The average Bonchev–Trinajstić information content (AvgIpc) is 2.87. The van der Waals surface area contributed by atoms with E-state index in [-0.39, 0.29) is 5.38 Å². The van der Waals surface area contributed by atoms with E-state index in [9.17, 15) is 0 Å². The third-order valence-corrected chi connectivity index (χ3v) is 2.88. The normalized spacial score (nSPS) is 13.2. The molecular formula is C12H17ClN4. The molecule has 92 valence electrons. The largest absolute Gasteiger partial charge is 0.270 e. The first-order chi connectivity index (χ1) is 8.06. The number of hydrogen-bond donors (Lipinski definition) is 0. The van der Waals surface area contributed by atoms with Gasteiger partial charge in [0.1, 0.15) is 0 Å². The number of alkyl halides is 1. The maximum absolute atomic E-state index is 5.99. The molecule has 5 heteroatoms. The van der Waals surface area contributed by atoms with E-state index in [0.717, 1.165) is 11.3 Å². The van der Waals surface area contributed by atoms with Crippen LogP contribution in [-0.4, -0.2) is 19.6 Å². The molecule has 17 heavy (non-hydrogen) atoms. The van der Waals surface area contributed by atoms with E-state index in [1.165, 1.54) is 0 Å². The van der Waals surface area contributed by atoms with Crippen LogP contribution in [0.2, 0.25) is 0 Å². The Labute approximate surface area is 106 Å². The fourth-order valence-electron chi connectivity index (χ4n) is 1.59. The minimum absolute atomic E-state index is 0.00280. The van der Waals surface area contributed by atoms with Gasteiger partial charge in [-0.3, -0.25) is 9.36 Å². The topological polar surface area (TPSA) is 35.6 Å². The Kier molecular flexibility index (Phi) is 3.52. The van der Waals surface area contributed by atoms with Crippen molar-refractivity contribution in [3.63, 3.8) is 0 Å². The Balaban J connectivity index is 2.08. The minimum Gasteiger partial charge on any atom is -0.270 e. The van der Waals surface area contributed by atoms with Crippen LogP contribution >= 0.6 is 11.6 Å². The highest BCUT2D eigenvalue weighted by Gasteiger charge is 2.06. The van der Waals surface area contributed by atoms with Crippen molar-refractivity contribution in [2.45, 2.75) is 38.7 Å². The first-order valence-corrected chi connectivity index (χ1v) is 6.20. The van der Waals surface area contributed by atoms with Crippen molar-refractivity contribution in [1.82, 2.24) is 19.6 Å². The highest BCUT2D eigenvalue weighted by molar-refractivity contribution is 6.20. The predicted octanol–water partition coefficient (Wildman–Crippen LogP) is 3.01. The van der Waals surface area contributed by atoms with Gasteiger partial charge in [-0.05, 0) is 26.8 Å². The van der Waals surface area contributed by atoms with E-state index in [4.69, 9.17) is 11.6 Å². The summed E-state index contributed by atoms with van der Waals surface area (Å²) >= 11 is 5.99. The van der Waals surface area contributed by atoms with Crippen LogP contribution in [-0.2, 0) is 6.54 Å². The Bertz CT molecular complexity index is 440. The molecular weight excluding hydrogens is 236 g/mol. The summed E-state index contributed by atoms with van der Waals surface area (Å²) in [6.45, 7) is 6.84. The summed E-state index contributed by atoms with van der Waals surface area (Å²) in [5.74, 6) is 0. The quantitative estimate of drug-likeness (QED) is 0.785. The summed E-state index contributed by atoms with van der Waals surface area (Å²) in [6, 6.07) is 2.41. The average molecular weight is 253 g/mol. The second-order valence-electron chi connectivity index (χ2n) is 4.47. The van der Waals surface area contributed by atoms with Gasteiger partial charge in [-0.2, -0.15) is 10.2 Å². The summed E-state index contributed by atoms with van der Waals surface area (Å²) < 4.78 is 3.81. The Hall–Kier alpha value is -1.29. The molecule has 0 aliphatic carbocycles. The van der Waals surface area contributed by atoms with E-state index in [2.05, 4.69) is 24.0 Å². The SMILES string of the molecule is CC(Cl)c1cnn(Cc2ccn(C(C)C)n2)c1. The van der Waals surface area contributed by atoms with Gasteiger partial charge in [-0.1, -0.05) is 0 Å². The molecule has 0 saturated carbocycles. The fourth-order valence-corrected chi connectivity index (χ4v) is 1.70. The van der Waals surface area contributed by atoms with Crippen LogP contribution in [0.1, 0.15) is 43.4 Å². The lowest BCUT2D eigenvalue weighted by atomic mass is 10.3. The summed E-state index contributed by atoms with van der Waals surface area (Å²) in [5.41, 5.74) is 2.05. The number of halogens is 1. The molecule has 0 spiro atoms. The lowest BCUT2D eigenvalue weighted by Crippen LogP contribution is -2.05. The molecule has 2 heterocycles. The highest BCUT2D eigenvalue weighted by Crippen LogP contribution is 2.18. The molecule has 0 fully saturated rings. The van der Waals surface area contributed by atoms with Crippen LogP contribution < -0.4 is 0 Å². The number of nitrogens with zero attached hydrogens (tertiary/aromatic N) is 4. The van der Waals surface area contributed by atoms with E-state index in [1.54, 1.807) is 6.20 Å². The standard InChI is InChI=1S/C12H17ClN4/c1-9(2)17-5-4-12(15-17)8-16-7-11(6-14-16)10(3)13/h4-7,9-10H,8H2,1-3H3. The molecule has 0 amide bonds. The lowest BCUT2D eigenvalue weighted by molar-refractivity contribution is 0.520. The molecule has 0 aliphatic rings. The van der Waals surface area contributed by atoms with E-state index in [0.29, 0.717) is 12.6 Å². The van der Waals surface area contributed by atoms with Crippen LogP contribution in [0, 0.1) is 0 Å². The number of aromatic nitrogens is 4. The van der Waals surface area contributed by atoms with Crippen molar-refractivity contribution in [2.75, 3.05) is 0 Å². The van der Waals surface area contributed by atoms with Crippen molar-refractivity contribution in [3.05, 3.63) is 35.9 Å². The summed E-state index contributed by atoms with van der Waals surface area (Å²) in [7, 11) is 0. The van der Waals surface area contributed by atoms with Gasteiger partial charge in [0.2, 0.25) is 0 Å². The molecule has 2 rings (SSSR count). The molecule has 0 N–H and O–H groups in total. The van der Waals surface area contributed by atoms with Gasteiger partial charge in [0, 0.05) is 24.0 Å². The van der Waals surface area contributed by atoms with Crippen LogP contribution in [0.15, 0.2) is 24.7 Å². The zero-order valence-corrected chi connectivity index (χ0v) is 11.1. The van der Waals surface area contributed by atoms with Gasteiger partial charge in [0.15, 0.2) is 0 Å². The molecule has 1 atom stereocenters. The number of hydrogen-bond acceptors (Lipinski definition) is 2. The fraction of sp³-hybridized carbons (Fsp3) is 0.500. The summed E-state index contributed by atoms with van der Waals surface area (Å²) in [5, 5.41) is 8.75. The van der Waals surface area contributed by atoms with Crippen LogP contribution in [0.25, 0.3) is 0 Å². The van der Waals surface area contributed by atoms with Crippen molar-refractivity contribution in [3.8, 4) is 0 Å². The van der Waals surface area contributed by atoms with Gasteiger partial charge in [-0.25, -0.2) is 0 Å². The van der Waals surface area contributed by atoms with Gasteiger partial charge in [0.25, 0.3) is 0 Å². The third-order valence-electron chi connectivity index (χ3n) is 2.63. The predicted molar refractivity (Wildman–Crippen MR) is 68.2 cm³/mol. The number of rotatable bonds is 4. The molecule has 0 saturated heterocycles. The molecule has 0 aromatic carbocycles. The maximum Gasteiger partial charge on any atom is 0.0849 e. The zero-order valence-electron chi connectivity index (χ0n) is 10.3. The van der Waals surface area contributed by atoms with Gasteiger partial charge in [-0.15, -0.1) is 11.6 Å². The monoisotopic (exact) mass is 252 g/mol. The van der Waals surface area contributed by atoms with Crippen molar-refractivity contribution >= 4 is 11.6 Å². The lowest BCUT2D eigenvalue weighted by Gasteiger charge is -2.03. The molecule has 2 aromatic heterocycles. The Morgan fingerprint density at radius 1 is 1.35 bits per heavy atom. The van der Waals surface area contributed by atoms with Gasteiger partial charge in [0.05, 0.1) is 23.8 Å². The van der Waals surface area contributed by atoms with Crippen LogP contribution in [0.5, 0.6) is 0 Å². The first-order valence-electron chi connectivity index (χ1n) is 5.76. The molecule has 2 aromatic rings. The molecule has 0 radical (unpaired) electrons. The van der Waals surface area contributed by atoms with Gasteiger partial charge >= 0.3 is 0 Å². The Morgan fingerprint density at radius 3 is 2.65 bits per heavy atom. The zero-order chi connectivity index (χ0) is 12.4. The third kappa shape index (κ3) is 2.88. The molecule has 4 nitrogen and oxygen atoms in total. The van der Waals surface area contributed by atoms with E-state index < -0.39 is 0 Å². The van der Waals surface area contributed by atoms with Crippen molar-refractivity contribution in [2.24, 2.45) is 0 Å². The van der Waals surface area contributed by atoms with Gasteiger partial charge < -0.3 is 0 Å². The minimum atomic E-state index is -0.00280.